The summed E-state index contributed by atoms with van der Waals surface area (Å²) in [6.07, 6.45) is 0. The lowest BCUT2D eigenvalue weighted by atomic mass is 9.82. The summed E-state index contributed by atoms with van der Waals surface area (Å²) in [7, 11) is 0. The van der Waals surface area contributed by atoms with E-state index in [9.17, 15) is 0 Å². The van der Waals surface area contributed by atoms with E-state index < -0.39 is 0 Å². The molecule has 0 unspecified atom stereocenters. The first-order valence-electron chi connectivity index (χ1n) is 43.4. The van der Waals surface area contributed by atoms with Crippen LogP contribution < -0.4 is 4.90 Å². The van der Waals surface area contributed by atoms with Gasteiger partial charge in [-0.15, -0.1) is 34.0 Å². The van der Waals surface area contributed by atoms with Crippen LogP contribution in [0.3, 0.4) is 0 Å². The first-order chi connectivity index (χ1) is 63.2. The zero-order chi connectivity index (χ0) is 84.1. The van der Waals surface area contributed by atoms with Gasteiger partial charge in [-0.05, 0) is 188 Å². The van der Waals surface area contributed by atoms with Crippen LogP contribution in [0.15, 0.2) is 394 Å². The summed E-state index contributed by atoms with van der Waals surface area (Å²) >= 11 is 5.59. The normalized spacial score (nSPS) is 12.7. The Kier molecular flexibility index (Phi) is 15.9. The molecule has 0 aliphatic heterocycles. The number of nitrogens with zero attached hydrogens (tertiary/aromatic N) is 9. The molecular weight excluding hydrogens is 1620 g/mol. The number of thiophene rings is 3. The molecule has 18 aromatic carbocycles. The van der Waals surface area contributed by atoms with E-state index in [0.29, 0.717) is 0 Å². The molecule has 0 N–H and O–H groups in total. The second kappa shape index (κ2) is 28.1. The maximum atomic E-state index is 5.31. The Bertz CT molecular complexity index is 9370. The highest BCUT2D eigenvalue weighted by molar-refractivity contribution is 7.27. The van der Waals surface area contributed by atoms with E-state index >= 15 is 0 Å². The largest absolute Gasteiger partial charge is 0.310 e. The van der Waals surface area contributed by atoms with Crippen molar-refractivity contribution in [1.82, 2.24) is 38.1 Å². The number of hydrogen-bond donors (Lipinski definition) is 0. The van der Waals surface area contributed by atoms with Crippen LogP contribution >= 0.6 is 34.0 Å². The molecule has 10 heterocycles. The molecule has 10 aromatic heterocycles. The number of anilines is 3. The van der Waals surface area contributed by atoms with Crippen LogP contribution in [0.2, 0.25) is 0 Å². The molecule has 0 saturated carbocycles. The summed E-state index contributed by atoms with van der Waals surface area (Å²) < 4.78 is 15.0. The highest BCUT2D eigenvalue weighted by atomic mass is 32.1. The Morgan fingerprint density at radius 1 is 0.227 bits per heavy atom. The molecule has 12 heteroatoms. The highest BCUT2D eigenvalue weighted by Crippen LogP contribution is 2.54. The topological polar surface area (TPSA) is 80.9 Å². The van der Waals surface area contributed by atoms with Gasteiger partial charge in [-0.2, -0.15) is 0 Å². The molecule has 0 atom stereocenters. The monoisotopic (exact) mass is 1690 g/mol. The van der Waals surface area contributed by atoms with Gasteiger partial charge in [0.2, 0.25) is 0 Å². The Balaban J connectivity index is 0.000000103. The van der Waals surface area contributed by atoms with Crippen molar-refractivity contribution in [2.24, 2.45) is 0 Å². The quantitative estimate of drug-likeness (QED) is 0.143. The minimum atomic E-state index is -0.0720. The molecule has 0 radical (unpaired) electrons. The van der Waals surface area contributed by atoms with Crippen LogP contribution in [0.25, 0.3) is 232 Å². The lowest BCUT2D eigenvalue weighted by Gasteiger charge is -2.28. The lowest BCUT2D eigenvalue weighted by Crippen LogP contribution is -2.16. The van der Waals surface area contributed by atoms with Gasteiger partial charge in [-0.3, -0.25) is 13.2 Å². The van der Waals surface area contributed by atoms with Crippen LogP contribution in [0.1, 0.15) is 25.0 Å². The minimum absolute atomic E-state index is 0.0720. The average Bonchev–Trinajstić information content (AvgIpc) is 1.55. The molecule has 9 nitrogen and oxygen atoms in total. The maximum absolute atomic E-state index is 5.31. The maximum Gasteiger partial charge on any atom is 0.166 e. The Labute approximate surface area is 745 Å². The Morgan fingerprint density at radius 3 is 1.13 bits per heavy atom. The third kappa shape index (κ3) is 10.9. The summed E-state index contributed by atoms with van der Waals surface area (Å²) in [5.74, 6) is 2.76. The molecule has 0 amide bonds. The van der Waals surface area contributed by atoms with Crippen molar-refractivity contribution in [3.63, 3.8) is 0 Å². The van der Waals surface area contributed by atoms with Gasteiger partial charge >= 0.3 is 0 Å². The van der Waals surface area contributed by atoms with Crippen LogP contribution in [-0.4, -0.2) is 38.1 Å². The molecule has 1 aliphatic carbocycles. The van der Waals surface area contributed by atoms with Gasteiger partial charge in [-0.25, -0.2) is 24.9 Å². The predicted octanol–water partition coefficient (Wildman–Crippen LogP) is 32.1. The van der Waals surface area contributed by atoms with Crippen LogP contribution in [0.4, 0.5) is 17.1 Å². The van der Waals surface area contributed by atoms with E-state index in [4.69, 9.17) is 24.9 Å². The van der Waals surface area contributed by atoms with E-state index in [-0.39, 0.29) is 5.41 Å². The minimum Gasteiger partial charge on any atom is -0.310 e. The number of fused-ring (bicyclic) bond motifs is 13. The fourth-order valence-corrected chi connectivity index (χ4v) is 24.3. The van der Waals surface area contributed by atoms with E-state index in [1.165, 1.54) is 159 Å². The average molecular weight is 1690 g/mol. The van der Waals surface area contributed by atoms with E-state index in [2.05, 4.69) is 384 Å². The summed E-state index contributed by atoms with van der Waals surface area (Å²) in [5, 5.41) is 15.4. The zero-order valence-corrected chi connectivity index (χ0v) is 71.7. The number of rotatable bonds is 9. The van der Waals surface area contributed by atoms with Crippen LogP contribution in [0, 0.1) is 0 Å². The predicted molar refractivity (Wildman–Crippen MR) is 541 cm³/mol. The van der Waals surface area contributed by atoms with Gasteiger partial charge < -0.3 is 4.90 Å². The molecule has 0 bridgehead atoms. The third-order valence-corrected chi connectivity index (χ3v) is 30.0. The van der Waals surface area contributed by atoms with Crippen molar-refractivity contribution in [3.05, 3.63) is 405 Å². The van der Waals surface area contributed by atoms with E-state index in [1.807, 2.05) is 76.5 Å². The second-order valence-corrected chi connectivity index (χ2v) is 37.3. The highest BCUT2D eigenvalue weighted by Gasteiger charge is 2.36. The molecule has 28 aromatic rings. The molecular formula is C116H71N9S3. The third-order valence-electron chi connectivity index (χ3n) is 26.6. The standard InChI is InChI=1S/C52H35N3S.C33H18N4S.C31H18N2S/c1-52(2)42-16-8-6-13-38(42)39-28-27-37(31-43(39)52)54(35-11-4-3-5-12-35)36-25-23-33(24-26-36)32-19-21-34(22-20-32)51-53-44-29-30-47-49-48-41(15-10-18-46(48)56-47)40-14-7-9-17-45(40)55(51)50(44)49;1-2-9-19(10-3-1)30-31(35-23-14-6-5-13-22(23)34-30)33-36-24-17-18-27-29-28-21(12-8-16-26(28)38-27)20-11-4-7-15-25(20)37(33)32(24)29;1-2-8-19(9-3-1)20-10-6-11-21(18-20)31-32-24-16-17-27-29-28-23(13-7-15-26(28)34-27)22-12-4-5-14-25(22)33(31)30(24)29/h3-31H,1-2H3;1-18H;1-18H. The molecule has 128 heavy (non-hydrogen) atoms. The fourth-order valence-electron chi connectivity index (χ4n) is 20.9. The van der Waals surface area contributed by atoms with Crippen molar-refractivity contribution in [3.8, 4) is 78.9 Å². The van der Waals surface area contributed by atoms with Crippen molar-refractivity contribution < 1.29 is 0 Å². The van der Waals surface area contributed by atoms with Crippen molar-refractivity contribution in [2.45, 2.75) is 19.3 Å². The molecule has 0 saturated heterocycles. The van der Waals surface area contributed by atoms with Crippen molar-refractivity contribution >= 4 is 205 Å². The van der Waals surface area contributed by atoms with Crippen molar-refractivity contribution in [1.29, 1.82) is 0 Å². The van der Waals surface area contributed by atoms with Crippen LogP contribution in [0.5, 0.6) is 0 Å². The van der Waals surface area contributed by atoms with Gasteiger partial charge in [-0.1, -0.05) is 281 Å². The van der Waals surface area contributed by atoms with Gasteiger partial charge in [0.25, 0.3) is 0 Å². The zero-order valence-electron chi connectivity index (χ0n) is 69.3. The first kappa shape index (κ1) is 72.6. The summed E-state index contributed by atoms with van der Waals surface area (Å²) in [6, 6.07) is 142. The number of hydrogen-bond acceptors (Lipinski definition) is 9. The van der Waals surface area contributed by atoms with Gasteiger partial charge in [0.1, 0.15) is 23.0 Å². The smallest absolute Gasteiger partial charge is 0.166 e. The SMILES string of the molecule is CC1(C)c2ccccc2-c2ccc(N(c3ccccc3)c3ccc(-c4ccc(-c5nc6ccc7sc8cccc9c%10ccccc%10n5c6c7c89)cc4)cc3)cc21.c1ccc(-c2cccc(-c3nc4ccc5sc6cccc7c8ccccc8n3c4c5c67)c2)cc1.c1ccc(-c2nc3ccccc3nc2-c2nc3ccc4sc5cccc6c7ccccc7n2c3c4c56)cc1. The molecule has 0 spiro atoms. The first-order valence-corrected chi connectivity index (χ1v) is 45.9. The van der Waals surface area contributed by atoms with E-state index in [1.54, 1.807) is 0 Å². The van der Waals surface area contributed by atoms with Crippen molar-refractivity contribution in [2.75, 3.05) is 4.90 Å². The summed E-state index contributed by atoms with van der Waals surface area (Å²) in [5.41, 5.74) is 30.2. The second-order valence-electron chi connectivity index (χ2n) is 34.0. The van der Waals surface area contributed by atoms with E-state index in [0.717, 1.165) is 101 Å². The van der Waals surface area contributed by atoms with Gasteiger partial charge in [0, 0.05) is 116 Å². The summed E-state index contributed by atoms with van der Waals surface area (Å²) in [4.78, 5) is 28.5. The fraction of sp³-hybridized carbons (Fsp3) is 0.0259. The number of aromatic nitrogens is 8. The van der Waals surface area contributed by atoms with Crippen LogP contribution in [-0.2, 0) is 5.41 Å². The lowest BCUT2D eigenvalue weighted by molar-refractivity contribution is 0.660. The Morgan fingerprint density at radius 2 is 0.594 bits per heavy atom. The molecule has 0 fully saturated rings. The van der Waals surface area contributed by atoms with Gasteiger partial charge in [0.05, 0.1) is 60.7 Å². The molecule has 598 valence electrons. The summed E-state index contributed by atoms with van der Waals surface area (Å²) in [6.45, 7) is 4.69. The number of benzene rings is 18. The van der Waals surface area contributed by atoms with Gasteiger partial charge in [0.15, 0.2) is 5.82 Å². The molecule has 29 rings (SSSR count). The Hall–Kier alpha value is -15.8. The number of imidazole rings is 3. The number of para-hydroxylation sites is 6. The molecule has 1 aliphatic rings.